The van der Waals surface area contributed by atoms with E-state index in [-0.39, 0.29) is 61.3 Å². The second-order valence-corrected chi connectivity index (χ2v) is 14.4. The number of rotatable bonds is 45. The Labute approximate surface area is 409 Å². The maximum Gasteiger partial charge on any atom is 0.416 e. The maximum atomic E-state index is 13.1. The number of alkyl halides is 3. The summed E-state index contributed by atoms with van der Waals surface area (Å²) in [6, 6.07) is 14.5. The number of esters is 1. The Morgan fingerprint density at radius 3 is 1.28 bits per heavy atom. The van der Waals surface area contributed by atoms with Gasteiger partial charge in [-0.15, -0.1) is 0 Å². The molecule has 0 fully saturated rings. The Bertz CT molecular complexity index is 1900. The number of para-hydroxylation sites is 1. The van der Waals surface area contributed by atoms with Gasteiger partial charge in [-0.1, -0.05) is 18.2 Å². The molecule has 398 valence electrons. The first-order valence-electron chi connectivity index (χ1n) is 22.9. The molecule has 0 spiro atoms. The van der Waals surface area contributed by atoms with Crippen molar-refractivity contribution in [2.45, 2.75) is 6.18 Å². The van der Waals surface area contributed by atoms with Crippen LogP contribution in [0.1, 0.15) is 15.9 Å². The lowest BCUT2D eigenvalue weighted by Crippen LogP contribution is -2.16. The van der Waals surface area contributed by atoms with E-state index in [9.17, 15) is 38.2 Å². The fourth-order valence-electron chi connectivity index (χ4n) is 5.68. The molecule has 22 nitrogen and oxygen atoms in total. The van der Waals surface area contributed by atoms with E-state index in [0.29, 0.717) is 144 Å². The lowest BCUT2D eigenvalue weighted by Gasteiger charge is -2.13. The number of nitrogens with one attached hydrogen (secondary N) is 2. The highest BCUT2D eigenvalue weighted by atomic mass is 19.4. The number of nitro groups is 2. The van der Waals surface area contributed by atoms with E-state index in [4.69, 9.17) is 61.6 Å². The molecule has 71 heavy (non-hydrogen) atoms. The minimum absolute atomic E-state index is 0.0175. The Morgan fingerprint density at radius 1 is 0.465 bits per heavy atom. The molecule has 3 rings (SSSR count). The molecule has 0 bridgehead atoms. The first-order chi connectivity index (χ1) is 34.6. The van der Waals surface area contributed by atoms with E-state index >= 15 is 0 Å². The molecule has 25 heteroatoms. The van der Waals surface area contributed by atoms with E-state index in [1.807, 2.05) is 0 Å². The first-order valence-corrected chi connectivity index (χ1v) is 22.9. The number of carbonyl (C=O) groups excluding carboxylic acids is 1. The predicted octanol–water partition coefficient (Wildman–Crippen LogP) is 5.73. The summed E-state index contributed by atoms with van der Waals surface area (Å²) in [5.74, 6) is -0.641. The van der Waals surface area contributed by atoms with Crippen molar-refractivity contribution in [1.82, 2.24) is 0 Å². The largest absolute Gasteiger partial charge is 0.460 e. The number of ether oxygens (including phenoxy) is 13. The molecule has 3 aromatic rings. The van der Waals surface area contributed by atoms with Gasteiger partial charge in [-0.3, -0.25) is 20.2 Å². The molecule has 0 radical (unpaired) electrons. The molecule has 0 amide bonds. The third kappa shape index (κ3) is 29.1. The molecule has 0 unspecified atom stereocenters. The van der Waals surface area contributed by atoms with Gasteiger partial charge in [0.1, 0.15) is 12.3 Å². The standard InChI is InChI=1S/C46H65F3N4O18/c47-46(48,49)38-4-3-5-39(36-38)51-42-7-2-1-6-41(42)45(54)71-35-34-70-33-32-69-31-30-68-29-28-67-27-26-66-25-24-65-23-22-64-21-20-63-19-18-62-17-16-61-15-14-60-13-12-59-11-10-50-43-9-8-40(52(55)56)37-44(43)53(57)58/h1-9,36-37,50-51H,10-35H2. The first kappa shape index (κ1) is 60.1. The zero-order chi connectivity index (χ0) is 51.0. The van der Waals surface area contributed by atoms with Gasteiger partial charge in [0.15, 0.2) is 0 Å². The van der Waals surface area contributed by atoms with E-state index in [1.54, 1.807) is 18.2 Å². The summed E-state index contributed by atoms with van der Waals surface area (Å²) in [5.41, 5.74) is -0.699. The lowest BCUT2D eigenvalue weighted by atomic mass is 10.1. The number of nitrogens with zero attached hydrogens (tertiary/aromatic N) is 2. The van der Waals surface area contributed by atoms with Crippen LogP contribution in [0.15, 0.2) is 66.7 Å². The van der Waals surface area contributed by atoms with Crippen molar-refractivity contribution in [3.05, 3.63) is 98.1 Å². The van der Waals surface area contributed by atoms with Gasteiger partial charge < -0.3 is 72.2 Å². The van der Waals surface area contributed by atoms with Crippen molar-refractivity contribution in [3.8, 4) is 0 Å². The summed E-state index contributed by atoms with van der Waals surface area (Å²) in [4.78, 5) is 33.3. The van der Waals surface area contributed by atoms with Crippen LogP contribution in [0.2, 0.25) is 0 Å². The molecule has 0 atom stereocenters. The van der Waals surface area contributed by atoms with Crippen molar-refractivity contribution in [3.63, 3.8) is 0 Å². The smallest absolute Gasteiger partial charge is 0.416 e. The molecule has 0 aliphatic carbocycles. The Balaban J connectivity index is 0.952. The van der Waals surface area contributed by atoms with Crippen LogP contribution < -0.4 is 10.6 Å². The summed E-state index contributed by atoms with van der Waals surface area (Å²) in [6.07, 6.45) is -4.49. The van der Waals surface area contributed by atoms with E-state index in [0.717, 1.165) is 18.2 Å². The van der Waals surface area contributed by atoms with Crippen LogP contribution in [0, 0.1) is 20.2 Å². The summed E-state index contributed by atoms with van der Waals surface area (Å²) in [7, 11) is 0. The van der Waals surface area contributed by atoms with Crippen molar-refractivity contribution >= 4 is 34.4 Å². The Morgan fingerprint density at radius 2 is 0.873 bits per heavy atom. The normalized spacial score (nSPS) is 11.5. The summed E-state index contributed by atoms with van der Waals surface area (Å²) >= 11 is 0. The molecule has 0 saturated carbocycles. The highest BCUT2D eigenvalue weighted by Gasteiger charge is 2.30. The van der Waals surface area contributed by atoms with Crippen LogP contribution in [0.4, 0.5) is 41.6 Å². The fourth-order valence-corrected chi connectivity index (χ4v) is 5.68. The maximum absolute atomic E-state index is 13.1. The van der Waals surface area contributed by atoms with Crippen LogP contribution in [0.25, 0.3) is 0 Å². The molecule has 0 aromatic heterocycles. The number of hydrogen-bond acceptors (Lipinski definition) is 20. The quantitative estimate of drug-likeness (QED) is 0.0297. The van der Waals surface area contributed by atoms with Gasteiger partial charge in [-0.25, -0.2) is 4.79 Å². The second-order valence-electron chi connectivity index (χ2n) is 14.4. The van der Waals surface area contributed by atoms with Gasteiger partial charge in [0.25, 0.3) is 11.4 Å². The zero-order valence-electron chi connectivity index (χ0n) is 39.6. The third-order valence-corrected chi connectivity index (χ3v) is 9.12. The van der Waals surface area contributed by atoms with Gasteiger partial charge in [-0.2, -0.15) is 13.2 Å². The predicted molar refractivity (Wildman–Crippen MR) is 250 cm³/mol. The average Bonchev–Trinajstić information content (AvgIpc) is 3.35. The van der Waals surface area contributed by atoms with Crippen molar-refractivity contribution in [2.75, 3.05) is 182 Å². The number of benzene rings is 3. The van der Waals surface area contributed by atoms with Gasteiger partial charge in [-0.05, 0) is 36.4 Å². The van der Waals surface area contributed by atoms with Crippen molar-refractivity contribution in [2.24, 2.45) is 0 Å². The van der Waals surface area contributed by atoms with E-state index in [2.05, 4.69) is 10.6 Å². The SMILES string of the molecule is O=C(OCCOCCOCCOCCOCCOCCOCCOCCOCCOCCOCCOCCOCCNc1ccc([N+](=O)[O-])cc1[N+](=O)[O-])c1ccccc1Nc1cccc(C(F)(F)F)c1. The Kier molecular flexibility index (Phi) is 32.6. The van der Waals surface area contributed by atoms with Crippen LogP contribution in [0.3, 0.4) is 0 Å². The molecular weight excluding hydrogens is 954 g/mol. The van der Waals surface area contributed by atoms with Crippen LogP contribution in [-0.4, -0.2) is 188 Å². The topological polar surface area (TPSA) is 247 Å². The molecular formula is C46H65F3N4O18. The highest BCUT2D eigenvalue weighted by Crippen LogP contribution is 2.32. The number of hydrogen-bond donors (Lipinski definition) is 2. The fraction of sp³-hybridized carbons (Fsp3) is 0.587. The number of halogens is 3. The van der Waals surface area contributed by atoms with Gasteiger partial charge in [0, 0.05) is 18.3 Å². The number of anilines is 3. The minimum atomic E-state index is -4.49. The number of non-ortho nitro benzene ring substituents is 1. The molecule has 0 aliphatic heterocycles. The summed E-state index contributed by atoms with van der Waals surface area (Å²) < 4.78 is 110. The monoisotopic (exact) mass is 1020 g/mol. The van der Waals surface area contributed by atoms with Crippen molar-refractivity contribution < 1.29 is 89.4 Å². The average molecular weight is 1020 g/mol. The number of nitro benzene ring substituents is 2. The van der Waals surface area contributed by atoms with Crippen molar-refractivity contribution in [1.29, 1.82) is 0 Å². The van der Waals surface area contributed by atoms with Crippen LogP contribution >= 0.6 is 0 Å². The van der Waals surface area contributed by atoms with E-state index in [1.165, 1.54) is 30.3 Å². The van der Waals surface area contributed by atoms with Gasteiger partial charge in [0.05, 0.1) is 191 Å². The van der Waals surface area contributed by atoms with Crippen LogP contribution in [0.5, 0.6) is 0 Å². The van der Waals surface area contributed by atoms with Gasteiger partial charge in [0.2, 0.25) is 0 Å². The second kappa shape index (κ2) is 38.5. The molecule has 0 heterocycles. The van der Waals surface area contributed by atoms with Crippen LogP contribution in [-0.2, 0) is 67.8 Å². The van der Waals surface area contributed by atoms with E-state index < -0.39 is 27.6 Å². The summed E-state index contributed by atoms with van der Waals surface area (Å²) in [5, 5.41) is 27.7. The number of carbonyl (C=O) groups is 1. The molecule has 0 saturated heterocycles. The molecule has 0 aliphatic rings. The van der Waals surface area contributed by atoms with Gasteiger partial charge >= 0.3 is 12.1 Å². The zero-order valence-corrected chi connectivity index (χ0v) is 39.6. The highest BCUT2D eigenvalue weighted by molar-refractivity contribution is 5.96. The lowest BCUT2D eigenvalue weighted by molar-refractivity contribution is -0.393. The summed E-state index contributed by atoms with van der Waals surface area (Å²) in [6.45, 7) is 9.39. The third-order valence-electron chi connectivity index (χ3n) is 9.12. The minimum Gasteiger partial charge on any atom is -0.460 e. The molecule has 2 N–H and O–H groups in total. The Hall–Kier alpha value is -5.16. The molecule has 3 aromatic carbocycles.